The van der Waals surface area contributed by atoms with Crippen LogP contribution in [0.15, 0.2) is 17.5 Å². The zero-order valence-electron chi connectivity index (χ0n) is 14.0. The number of hydrogen-bond donors (Lipinski definition) is 0. The van der Waals surface area contributed by atoms with Crippen LogP contribution >= 0.6 is 11.3 Å². The molecule has 1 aromatic heterocycles. The average Bonchev–Trinajstić information content (AvgIpc) is 2.97. The van der Waals surface area contributed by atoms with Gasteiger partial charge in [-0.15, -0.1) is 11.3 Å². The minimum atomic E-state index is -0.436. The maximum Gasteiger partial charge on any atom is 0.410 e. The molecule has 0 spiro atoms. The summed E-state index contributed by atoms with van der Waals surface area (Å²) >= 11 is 1.72. The van der Waals surface area contributed by atoms with Crippen molar-refractivity contribution < 1.29 is 14.3 Å². The summed E-state index contributed by atoms with van der Waals surface area (Å²) < 4.78 is 11.4. The van der Waals surface area contributed by atoms with Crippen LogP contribution in [-0.4, -0.2) is 36.3 Å². The van der Waals surface area contributed by atoms with Crippen LogP contribution in [0.3, 0.4) is 0 Å². The summed E-state index contributed by atoms with van der Waals surface area (Å²) in [5.41, 5.74) is -0.436. The second-order valence-corrected chi connectivity index (χ2v) is 7.90. The second kappa shape index (κ2) is 7.47. The molecule has 1 aliphatic rings. The fourth-order valence-electron chi connectivity index (χ4n) is 2.58. The third kappa shape index (κ3) is 5.29. The van der Waals surface area contributed by atoms with Crippen LogP contribution in [-0.2, 0) is 9.47 Å². The lowest BCUT2D eigenvalue weighted by Crippen LogP contribution is -2.43. The number of likely N-dealkylation sites (tertiary alicyclic amines) is 1. The lowest BCUT2D eigenvalue weighted by atomic mass is 9.99. The molecule has 0 saturated carbocycles. The number of carbonyl (C=O) groups is 1. The minimum absolute atomic E-state index is 0.122. The molecule has 1 amide bonds. The van der Waals surface area contributed by atoms with Gasteiger partial charge in [0.25, 0.3) is 0 Å². The molecule has 0 unspecified atom stereocenters. The fraction of sp³-hybridized carbons (Fsp3) is 0.706. The van der Waals surface area contributed by atoms with Gasteiger partial charge in [0, 0.05) is 23.9 Å². The van der Waals surface area contributed by atoms with Gasteiger partial charge in [-0.3, -0.25) is 0 Å². The van der Waals surface area contributed by atoms with Crippen molar-refractivity contribution in [3.8, 4) is 0 Å². The van der Waals surface area contributed by atoms with Crippen molar-refractivity contribution in [3.05, 3.63) is 22.4 Å². The van der Waals surface area contributed by atoms with Crippen LogP contribution < -0.4 is 0 Å². The zero-order chi connectivity index (χ0) is 16.2. The number of thiophene rings is 1. The standard InChI is InChI=1S/C17H27NO3S/c1-13(15-8-6-10-22-15)20-12-14-7-5-9-18(11-14)16(19)21-17(2,3)4/h6,8,10,13-14H,5,7,9,11-12H2,1-4H3/t13-,14+/m1/s1. The zero-order valence-corrected chi connectivity index (χ0v) is 14.8. The van der Waals surface area contributed by atoms with E-state index < -0.39 is 5.60 Å². The third-order valence-electron chi connectivity index (χ3n) is 3.70. The number of hydrogen-bond acceptors (Lipinski definition) is 4. The summed E-state index contributed by atoms with van der Waals surface area (Å²) in [6.45, 7) is 9.99. The third-order valence-corrected chi connectivity index (χ3v) is 4.73. The summed E-state index contributed by atoms with van der Waals surface area (Å²) in [5, 5.41) is 2.07. The Kier molecular flexibility index (Phi) is 5.87. The van der Waals surface area contributed by atoms with E-state index in [1.165, 1.54) is 4.88 Å². The number of piperidine rings is 1. The van der Waals surface area contributed by atoms with Crippen molar-refractivity contribution in [3.63, 3.8) is 0 Å². The van der Waals surface area contributed by atoms with Gasteiger partial charge in [-0.2, -0.15) is 0 Å². The van der Waals surface area contributed by atoms with E-state index in [9.17, 15) is 4.79 Å². The van der Waals surface area contributed by atoms with Gasteiger partial charge >= 0.3 is 6.09 Å². The number of ether oxygens (including phenoxy) is 2. The molecule has 1 saturated heterocycles. The van der Waals surface area contributed by atoms with Crippen LogP contribution in [0.5, 0.6) is 0 Å². The average molecular weight is 325 g/mol. The van der Waals surface area contributed by atoms with E-state index in [0.717, 1.165) is 25.9 Å². The van der Waals surface area contributed by atoms with Crippen LogP contribution in [0.25, 0.3) is 0 Å². The van der Waals surface area contributed by atoms with E-state index in [1.54, 1.807) is 11.3 Å². The highest BCUT2D eigenvalue weighted by molar-refractivity contribution is 7.10. The summed E-state index contributed by atoms with van der Waals surface area (Å²) in [7, 11) is 0. The maximum atomic E-state index is 12.1. The Balaban J connectivity index is 1.79. The van der Waals surface area contributed by atoms with Crippen molar-refractivity contribution in [2.75, 3.05) is 19.7 Å². The van der Waals surface area contributed by atoms with Gasteiger partial charge in [0.2, 0.25) is 0 Å². The first-order valence-corrected chi connectivity index (χ1v) is 8.86. The number of amides is 1. The van der Waals surface area contributed by atoms with E-state index >= 15 is 0 Å². The Morgan fingerprint density at radius 3 is 2.91 bits per heavy atom. The van der Waals surface area contributed by atoms with Crippen molar-refractivity contribution >= 4 is 17.4 Å². The van der Waals surface area contributed by atoms with Crippen LogP contribution in [0.2, 0.25) is 0 Å². The van der Waals surface area contributed by atoms with E-state index in [0.29, 0.717) is 12.5 Å². The largest absolute Gasteiger partial charge is 0.444 e. The highest BCUT2D eigenvalue weighted by atomic mass is 32.1. The molecule has 4 nitrogen and oxygen atoms in total. The molecular formula is C17H27NO3S. The summed E-state index contributed by atoms with van der Waals surface area (Å²) in [5.74, 6) is 0.392. The highest BCUT2D eigenvalue weighted by Gasteiger charge is 2.28. The molecule has 2 rings (SSSR count). The number of rotatable bonds is 4. The lowest BCUT2D eigenvalue weighted by molar-refractivity contribution is -0.00316. The van der Waals surface area contributed by atoms with Crippen LogP contribution in [0.4, 0.5) is 4.79 Å². The maximum absolute atomic E-state index is 12.1. The van der Waals surface area contributed by atoms with Gasteiger partial charge in [-0.25, -0.2) is 4.79 Å². The molecule has 0 radical (unpaired) electrons. The Bertz CT molecular complexity index is 467. The van der Waals surface area contributed by atoms with Crippen molar-refractivity contribution in [1.29, 1.82) is 0 Å². The molecule has 0 aliphatic carbocycles. The molecule has 22 heavy (non-hydrogen) atoms. The Hall–Kier alpha value is -1.07. The molecule has 5 heteroatoms. The van der Waals surface area contributed by atoms with Crippen LogP contribution in [0, 0.1) is 5.92 Å². The van der Waals surface area contributed by atoms with Gasteiger partial charge in [-0.1, -0.05) is 6.07 Å². The molecule has 124 valence electrons. The lowest BCUT2D eigenvalue weighted by Gasteiger charge is -2.34. The predicted molar refractivity (Wildman–Crippen MR) is 89.2 cm³/mol. The molecule has 0 bridgehead atoms. The molecule has 0 aromatic carbocycles. The van der Waals surface area contributed by atoms with E-state index in [4.69, 9.17) is 9.47 Å². The first-order valence-electron chi connectivity index (χ1n) is 7.98. The van der Waals surface area contributed by atoms with Crippen molar-refractivity contribution in [1.82, 2.24) is 4.90 Å². The second-order valence-electron chi connectivity index (χ2n) is 6.93. The van der Waals surface area contributed by atoms with E-state index in [-0.39, 0.29) is 12.2 Å². The predicted octanol–water partition coefficient (Wildman–Crippen LogP) is 4.47. The van der Waals surface area contributed by atoms with Crippen molar-refractivity contribution in [2.45, 2.75) is 52.2 Å². The molecule has 1 aliphatic heterocycles. The molecule has 1 aromatic rings. The SMILES string of the molecule is C[C@@H](OC[C@H]1CCCN(C(=O)OC(C)(C)C)C1)c1cccs1. The first kappa shape index (κ1) is 17.3. The molecule has 2 atom stereocenters. The Labute approximate surface area is 137 Å². The van der Waals surface area contributed by atoms with Gasteiger partial charge in [0.15, 0.2) is 0 Å². The van der Waals surface area contributed by atoms with E-state index in [2.05, 4.69) is 18.4 Å². The highest BCUT2D eigenvalue weighted by Crippen LogP contribution is 2.25. The first-order chi connectivity index (χ1) is 10.3. The summed E-state index contributed by atoms with van der Waals surface area (Å²) in [6, 6.07) is 4.15. The number of carbonyl (C=O) groups excluding carboxylic acids is 1. The minimum Gasteiger partial charge on any atom is -0.444 e. The molecule has 2 heterocycles. The molecule has 1 fully saturated rings. The van der Waals surface area contributed by atoms with Gasteiger partial charge in [0.05, 0.1) is 12.7 Å². The van der Waals surface area contributed by atoms with E-state index in [1.807, 2.05) is 31.7 Å². The van der Waals surface area contributed by atoms with Crippen molar-refractivity contribution in [2.24, 2.45) is 5.92 Å². The molecule has 0 N–H and O–H groups in total. The van der Waals surface area contributed by atoms with Crippen LogP contribution in [0.1, 0.15) is 51.5 Å². The van der Waals surface area contributed by atoms with Gasteiger partial charge < -0.3 is 14.4 Å². The molecular weight excluding hydrogens is 298 g/mol. The number of nitrogens with zero attached hydrogens (tertiary/aromatic N) is 1. The summed E-state index contributed by atoms with van der Waals surface area (Å²) in [6.07, 6.45) is 2.04. The van der Waals surface area contributed by atoms with Gasteiger partial charge in [-0.05, 0) is 52.0 Å². The Morgan fingerprint density at radius 1 is 1.50 bits per heavy atom. The quantitative estimate of drug-likeness (QED) is 0.819. The Morgan fingerprint density at radius 2 is 2.27 bits per heavy atom. The smallest absolute Gasteiger partial charge is 0.410 e. The monoisotopic (exact) mass is 325 g/mol. The normalized spacial score (nSPS) is 20.7. The fourth-order valence-corrected chi connectivity index (χ4v) is 3.31. The van der Waals surface area contributed by atoms with Gasteiger partial charge in [0.1, 0.15) is 5.60 Å². The summed E-state index contributed by atoms with van der Waals surface area (Å²) in [4.78, 5) is 15.2. The topological polar surface area (TPSA) is 38.8 Å².